The molecule has 3 N–H and O–H groups in total. The number of para-hydroxylation sites is 1. The summed E-state index contributed by atoms with van der Waals surface area (Å²) in [6.45, 7) is 9.88. The van der Waals surface area contributed by atoms with Crippen molar-refractivity contribution in [1.29, 1.82) is 0 Å². The minimum absolute atomic E-state index is 0.214. The maximum absolute atomic E-state index is 12.0. The van der Waals surface area contributed by atoms with Crippen molar-refractivity contribution < 1.29 is 49.9 Å². The second kappa shape index (κ2) is 16.8. The highest BCUT2D eigenvalue weighted by molar-refractivity contribution is 7.94. The molecule has 5 rings (SSSR count). The first-order chi connectivity index (χ1) is 25.0. The summed E-state index contributed by atoms with van der Waals surface area (Å²) in [5, 5.41) is 12.5. The average molecular weight is 810 g/mol. The van der Waals surface area contributed by atoms with Crippen LogP contribution in [0.3, 0.4) is 0 Å². The van der Waals surface area contributed by atoms with E-state index in [0.717, 1.165) is 59.8 Å². The fourth-order valence-corrected chi connectivity index (χ4v) is 8.98. The summed E-state index contributed by atoms with van der Waals surface area (Å²) in [5.74, 6) is 0.828. The van der Waals surface area contributed by atoms with Crippen LogP contribution in [0.1, 0.15) is 70.9 Å². The molecular weight excluding hydrogens is 764 g/mol. The van der Waals surface area contributed by atoms with Gasteiger partial charge in [0, 0.05) is 71.7 Å². The van der Waals surface area contributed by atoms with E-state index in [9.17, 15) is 25.9 Å². The number of anilines is 1. The van der Waals surface area contributed by atoms with Crippen LogP contribution in [0.4, 0.5) is 11.4 Å². The Morgan fingerprint density at radius 3 is 2.43 bits per heavy atom. The van der Waals surface area contributed by atoms with Gasteiger partial charge in [-0.05, 0) is 74.6 Å². The van der Waals surface area contributed by atoms with Crippen LogP contribution < -0.4 is 4.90 Å². The lowest BCUT2D eigenvalue weighted by molar-refractivity contribution is -0.438. The zero-order valence-electron chi connectivity index (χ0n) is 30.1. The summed E-state index contributed by atoms with van der Waals surface area (Å²) in [4.78, 5) is 1.80. The minimum Gasteiger partial charge on any atom is -0.492 e. The van der Waals surface area contributed by atoms with E-state index in [1.165, 1.54) is 17.7 Å². The largest absolute Gasteiger partial charge is 0.492 e. The maximum atomic E-state index is 12.0. The third-order valence-corrected chi connectivity index (χ3v) is 12.6. The summed E-state index contributed by atoms with van der Waals surface area (Å²) >= 11 is 8.07. The van der Waals surface area contributed by atoms with Gasteiger partial charge in [0.2, 0.25) is 5.69 Å². The van der Waals surface area contributed by atoms with Gasteiger partial charge in [0.05, 0.1) is 27.7 Å². The number of halogens is 1. The molecule has 288 valence electrons. The van der Waals surface area contributed by atoms with Gasteiger partial charge in [0.1, 0.15) is 12.3 Å². The van der Waals surface area contributed by atoms with E-state index in [1.54, 1.807) is 6.07 Å². The summed E-state index contributed by atoms with van der Waals surface area (Å²) < 4.78 is 78.7. The molecule has 0 aromatic heterocycles. The summed E-state index contributed by atoms with van der Waals surface area (Å²) in [7, 11) is -8.56. The number of benzene rings is 2. The third kappa shape index (κ3) is 9.46. The van der Waals surface area contributed by atoms with E-state index < -0.39 is 25.7 Å². The van der Waals surface area contributed by atoms with Crippen LogP contribution in [0.15, 0.2) is 93.7 Å². The maximum Gasteiger partial charge on any atom is 0.294 e. The lowest BCUT2D eigenvalue weighted by Crippen LogP contribution is -2.28. The normalized spacial score (nSPS) is 19.8. The first-order valence-electron chi connectivity index (χ1n) is 17.3. The fraction of sp³-hybridized carbons (Fsp3) is 0.432. The molecule has 0 fully saturated rings. The van der Waals surface area contributed by atoms with Gasteiger partial charge in [0.25, 0.3) is 20.2 Å². The van der Waals surface area contributed by atoms with Crippen molar-refractivity contribution in [3.63, 3.8) is 0 Å². The molecule has 0 bridgehead atoms. The lowest BCUT2D eigenvalue weighted by atomic mass is 9.81. The molecule has 0 saturated heterocycles. The van der Waals surface area contributed by atoms with Crippen molar-refractivity contribution in [2.24, 2.45) is 0 Å². The summed E-state index contributed by atoms with van der Waals surface area (Å²) in [6.07, 6.45) is 10.8. The molecule has 0 aliphatic carbocycles. The highest BCUT2D eigenvalue weighted by atomic mass is 35.5. The summed E-state index contributed by atoms with van der Waals surface area (Å²) in [5.41, 5.74) is 5.59. The highest BCUT2D eigenvalue weighted by Gasteiger charge is 2.44. The Balaban J connectivity index is 1.46. The SMILES string of the molecule is CC1(C)C(/C=C/C2=C(Cl)C(=C/C=C3/N(CCCCS(=O)(=O)O)c4ccc(S(=O)(=O)O)cc4C3(C)C)/CCO2)=[N+](CCCCSOOO)c2ccccc21. The van der Waals surface area contributed by atoms with Crippen LogP contribution in [0, 0.1) is 0 Å². The molecule has 3 aliphatic rings. The quantitative estimate of drug-likeness (QED) is 0.0376. The smallest absolute Gasteiger partial charge is 0.294 e. The van der Waals surface area contributed by atoms with Crippen molar-refractivity contribution in [3.05, 3.63) is 100.0 Å². The van der Waals surface area contributed by atoms with E-state index in [-0.39, 0.29) is 22.5 Å². The Bertz CT molecular complexity index is 2090. The Morgan fingerprint density at radius 2 is 1.72 bits per heavy atom. The molecule has 16 heteroatoms. The highest BCUT2D eigenvalue weighted by Crippen LogP contribution is 2.49. The van der Waals surface area contributed by atoms with E-state index in [4.69, 9.17) is 21.6 Å². The first-order valence-corrected chi connectivity index (χ1v) is 21.6. The second-order valence-corrected chi connectivity index (χ2v) is 18.3. The van der Waals surface area contributed by atoms with Crippen LogP contribution >= 0.6 is 23.6 Å². The van der Waals surface area contributed by atoms with Gasteiger partial charge in [-0.1, -0.05) is 54.8 Å². The van der Waals surface area contributed by atoms with Crippen LogP contribution in [0.2, 0.25) is 0 Å². The molecule has 0 amide bonds. The molecule has 0 radical (unpaired) electrons. The van der Waals surface area contributed by atoms with Gasteiger partial charge >= 0.3 is 0 Å². The monoisotopic (exact) mass is 809 g/mol. The molecule has 0 atom stereocenters. The van der Waals surface area contributed by atoms with E-state index in [2.05, 4.69) is 46.0 Å². The zero-order valence-corrected chi connectivity index (χ0v) is 33.3. The first kappa shape index (κ1) is 41.2. The van der Waals surface area contributed by atoms with E-state index in [1.807, 2.05) is 49.1 Å². The van der Waals surface area contributed by atoms with E-state index in [0.29, 0.717) is 48.1 Å². The molecule has 0 saturated carbocycles. The number of allylic oxidation sites excluding steroid dienone is 6. The number of hydrogen-bond donors (Lipinski definition) is 3. The predicted octanol–water partition coefficient (Wildman–Crippen LogP) is 7.86. The number of nitrogens with zero attached hydrogens (tertiary/aromatic N) is 2. The number of rotatable bonds is 16. The lowest BCUT2D eigenvalue weighted by Gasteiger charge is -2.27. The van der Waals surface area contributed by atoms with Crippen molar-refractivity contribution in [1.82, 2.24) is 0 Å². The van der Waals surface area contributed by atoms with Gasteiger partial charge in [-0.25, -0.2) is 5.26 Å². The standard InChI is InChI=1S/C37H45ClN2O10S3/c1-36(2)28-11-5-6-12-30(28)39(20-7-9-23-51-50-49-41)34(36)18-16-32-35(38)26(19-22-48-32)13-17-33-37(3,4)29-25-27(53(45,46)47)14-15-31(29)40(33)21-8-10-24-52(42,43)44/h5-6,11-18,25H,7-10,19-24H2,1-4H3,(H2-,41,42,43,44,45,46,47)/p+1. The summed E-state index contributed by atoms with van der Waals surface area (Å²) in [6, 6.07) is 12.8. The number of ether oxygens (including phenoxy) is 1. The molecule has 12 nitrogen and oxygen atoms in total. The average Bonchev–Trinajstić information content (AvgIpc) is 3.44. The van der Waals surface area contributed by atoms with Crippen molar-refractivity contribution in [2.75, 3.05) is 36.1 Å². The molecule has 3 aliphatic heterocycles. The molecule has 2 aromatic rings. The molecule has 0 unspecified atom stereocenters. The molecule has 53 heavy (non-hydrogen) atoms. The van der Waals surface area contributed by atoms with Crippen molar-refractivity contribution in [2.45, 2.75) is 75.5 Å². The van der Waals surface area contributed by atoms with Gasteiger partial charge in [0.15, 0.2) is 5.71 Å². The Kier molecular flexibility index (Phi) is 13.1. The van der Waals surface area contributed by atoms with Crippen LogP contribution in [-0.2, 0) is 45.2 Å². The number of hydrogen-bond acceptors (Lipinski definition) is 10. The Hall–Kier alpha value is -2.99. The van der Waals surface area contributed by atoms with Gasteiger partial charge in [-0.3, -0.25) is 9.11 Å². The predicted molar refractivity (Wildman–Crippen MR) is 207 cm³/mol. The van der Waals surface area contributed by atoms with E-state index >= 15 is 0 Å². The topological polar surface area (TPSA) is 163 Å². The Morgan fingerprint density at radius 1 is 0.962 bits per heavy atom. The van der Waals surface area contributed by atoms with Gasteiger partial charge < -0.3 is 9.64 Å². The fourth-order valence-electron chi connectivity index (χ4n) is 7.19. The minimum atomic E-state index is -4.45. The molecule has 2 aromatic carbocycles. The second-order valence-electron chi connectivity index (χ2n) is 14.1. The number of unbranched alkanes of at least 4 members (excludes halogenated alkanes) is 2. The van der Waals surface area contributed by atoms with Gasteiger partial charge in [-0.15, -0.1) is 4.33 Å². The third-order valence-electron chi connectivity index (χ3n) is 9.89. The van der Waals surface area contributed by atoms with Gasteiger partial charge in [-0.2, -0.15) is 21.4 Å². The number of fused-ring (bicyclic) bond motifs is 2. The molecule has 3 heterocycles. The molecule has 0 spiro atoms. The van der Waals surface area contributed by atoms with Crippen molar-refractivity contribution in [3.8, 4) is 0 Å². The Labute approximate surface area is 321 Å². The molecular formula is C37H46ClN2O10S3+. The van der Waals surface area contributed by atoms with Crippen molar-refractivity contribution >= 4 is 61.0 Å². The van der Waals surface area contributed by atoms with Crippen LogP contribution in [-0.4, -0.2) is 72.7 Å². The van der Waals surface area contributed by atoms with Crippen LogP contribution in [0.5, 0.6) is 0 Å². The van der Waals surface area contributed by atoms with Crippen LogP contribution in [0.25, 0.3) is 0 Å². The zero-order chi connectivity index (χ0) is 38.6.